The van der Waals surface area contributed by atoms with Gasteiger partial charge in [-0.15, -0.1) is 0 Å². The molecule has 2 heterocycles. The SMILES string of the molecule is COC(=O)c1ccccc1NC(=O)N1CCc2[nH]cnc2C1c1ccc(Br)cc1F. The van der Waals surface area contributed by atoms with Gasteiger partial charge in [-0.3, -0.25) is 0 Å². The van der Waals surface area contributed by atoms with E-state index in [4.69, 9.17) is 4.74 Å². The maximum atomic E-state index is 14.8. The summed E-state index contributed by atoms with van der Waals surface area (Å²) in [5.74, 6) is -1.01. The largest absolute Gasteiger partial charge is 0.465 e. The number of methoxy groups -OCH3 is 1. The summed E-state index contributed by atoms with van der Waals surface area (Å²) in [5.41, 5.74) is 2.34. The molecule has 3 aromatic rings. The molecule has 0 spiro atoms. The lowest BCUT2D eigenvalue weighted by atomic mass is 9.95. The number of carbonyl (C=O) groups is 2. The molecule has 1 unspecified atom stereocenters. The molecule has 1 aliphatic heterocycles. The molecule has 30 heavy (non-hydrogen) atoms. The number of aromatic amines is 1. The third-order valence-electron chi connectivity index (χ3n) is 5.02. The van der Waals surface area contributed by atoms with Crippen molar-refractivity contribution in [2.45, 2.75) is 12.5 Å². The van der Waals surface area contributed by atoms with Crippen LogP contribution in [0.25, 0.3) is 0 Å². The second kappa shape index (κ2) is 8.27. The number of urea groups is 1. The molecule has 0 radical (unpaired) electrons. The van der Waals surface area contributed by atoms with E-state index >= 15 is 0 Å². The number of esters is 1. The highest BCUT2D eigenvalue weighted by Crippen LogP contribution is 2.36. The van der Waals surface area contributed by atoms with Gasteiger partial charge in [-0.2, -0.15) is 0 Å². The number of benzene rings is 2. The Labute approximate surface area is 180 Å². The van der Waals surface area contributed by atoms with E-state index in [-0.39, 0.29) is 5.56 Å². The summed E-state index contributed by atoms with van der Waals surface area (Å²) in [7, 11) is 1.27. The predicted octanol–water partition coefficient (Wildman–Crippen LogP) is 4.28. The summed E-state index contributed by atoms with van der Waals surface area (Å²) >= 11 is 3.26. The molecule has 0 saturated heterocycles. The molecule has 9 heteroatoms. The molecule has 2 amide bonds. The summed E-state index contributed by atoms with van der Waals surface area (Å²) in [6.45, 7) is 0.349. The highest BCUT2D eigenvalue weighted by atomic mass is 79.9. The topological polar surface area (TPSA) is 87.3 Å². The van der Waals surface area contributed by atoms with E-state index in [1.54, 1.807) is 42.7 Å². The predicted molar refractivity (Wildman–Crippen MR) is 112 cm³/mol. The number of amides is 2. The maximum absolute atomic E-state index is 14.8. The Morgan fingerprint density at radius 3 is 2.87 bits per heavy atom. The van der Waals surface area contributed by atoms with Gasteiger partial charge in [0.1, 0.15) is 11.9 Å². The quantitative estimate of drug-likeness (QED) is 0.557. The Morgan fingerprint density at radius 2 is 2.10 bits per heavy atom. The number of aromatic nitrogens is 2. The fourth-order valence-corrected chi connectivity index (χ4v) is 3.93. The van der Waals surface area contributed by atoms with Gasteiger partial charge in [0.05, 0.1) is 30.4 Å². The van der Waals surface area contributed by atoms with Crippen molar-refractivity contribution < 1.29 is 18.7 Å². The number of nitrogens with one attached hydrogen (secondary N) is 2. The Balaban J connectivity index is 1.71. The number of hydrogen-bond donors (Lipinski definition) is 2. The van der Waals surface area contributed by atoms with Gasteiger partial charge in [-0.1, -0.05) is 34.1 Å². The van der Waals surface area contributed by atoms with E-state index in [1.165, 1.54) is 18.1 Å². The lowest BCUT2D eigenvalue weighted by molar-refractivity contribution is 0.0602. The Hall–Kier alpha value is -3.20. The first kappa shape index (κ1) is 20.1. The van der Waals surface area contributed by atoms with Crippen LogP contribution in [0.2, 0.25) is 0 Å². The first-order valence-electron chi connectivity index (χ1n) is 9.21. The maximum Gasteiger partial charge on any atom is 0.339 e. The minimum absolute atomic E-state index is 0.234. The lowest BCUT2D eigenvalue weighted by Crippen LogP contribution is -2.43. The molecule has 1 aliphatic rings. The van der Waals surface area contributed by atoms with Gasteiger partial charge in [-0.05, 0) is 24.3 Å². The molecule has 1 aromatic heterocycles. The van der Waals surface area contributed by atoms with Gasteiger partial charge < -0.3 is 19.9 Å². The minimum Gasteiger partial charge on any atom is -0.465 e. The fourth-order valence-electron chi connectivity index (χ4n) is 3.60. The molecule has 0 fully saturated rings. The second-order valence-electron chi connectivity index (χ2n) is 6.75. The Kier molecular flexibility index (Phi) is 5.54. The van der Waals surface area contributed by atoms with Crippen molar-refractivity contribution >= 4 is 33.6 Å². The first-order valence-corrected chi connectivity index (χ1v) is 10.0. The van der Waals surface area contributed by atoms with Crippen LogP contribution in [0, 0.1) is 5.82 Å². The summed E-state index contributed by atoms with van der Waals surface area (Å²) in [6.07, 6.45) is 2.10. The number of para-hydroxylation sites is 1. The zero-order chi connectivity index (χ0) is 21.3. The van der Waals surface area contributed by atoms with E-state index in [9.17, 15) is 14.0 Å². The third-order valence-corrected chi connectivity index (χ3v) is 5.51. The zero-order valence-electron chi connectivity index (χ0n) is 16.0. The monoisotopic (exact) mass is 472 g/mol. The highest BCUT2D eigenvalue weighted by molar-refractivity contribution is 9.10. The third kappa shape index (κ3) is 3.68. The number of H-pyrrole nitrogens is 1. The summed E-state index contributed by atoms with van der Waals surface area (Å²) in [6, 6.07) is 10.1. The van der Waals surface area contributed by atoms with Crippen LogP contribution in [0.15, 0.2) is 53.3 Å². The van der Waals surface area contributed by atoms with Crippen molar-refractivity contribution in [1.82, 2.24) is 14.9 Å². The number of halogens is 2. The molecule has 2 N–H and O–H groups in total. The van der Waals surface area contributed by atoms with Crippen LogP contribution in [-0.4, -0.2) is 40.5 Å². The van der Waals surface area contributed by atoms with Crippen LogP contribution in [0.4, 0.5) is 14.9 Å². The van der Waals surface area contributed by atoms with Crippen LogP contribution in [0.5, 0.6) is 0 Å². The van der Waals surface area contributed by atoms with E-state index in [0.29, 0.717) is 34.4 Å². The van der Waals surface area contributed by atoms with Crippen molar-refractivity contribution in [2.75, 3.05) is 19.0 Å². The molecule has 4 rings (SSSR count). The van der Waals surface area contributed by atoms with Crippen molar-refractivity contribution in [3.63, 3.8) is 0 Å². The summed E-state index contributed by atoms with van der Waals surface area (Å²) < 4.78 is 20.2. The van der Waals surface area contributed by atoms with E-state index in [2.05, 4.69) is 31.2 Å². The van der Waals surface area contributed by atoms with Gasteiger partial charge in [0, 0.05) is 28.7 Å². The van der Waals surface area contributed by atoms with E-state index in [1.807, 2.05) is 0 Å². The molecule has 2 aromatic carbocycles. The smallest absolute Gasteiger partial charge is 0.339 e. The number of imidazole rings is 1. The molecule has 0 bridgehead atoms. The Morgan fingerprint density at radius 1 is 1.30 bits per heavy atom. The minimum atomic E-state index is -0.710. The Bertz CT molecular complexity index is 1120. The molecule has 0 saturated carbocycles. The first-order chi connectivity index (χ1) is 14.5. The van der Waals surface area contributed by atoms with E-state index < -0.39 is 23.9 Å². The van der Waals surface area contributed by atoms with Crippen molar-refractivity contribution in [1.29, 1.82) is 0 Å². The van der Waals surface area contributed by atoms with Crippen LogP contribution < -0.4 is 5.32 Å². The zero-order valence-corrected chi connectivity index (χ0v) is 17.6. The van der Waals surface area contributed by atoms with Gasteiger partial charge in [0.25, 0.3) is 0 Å². The number of rotatable bonds is 3. The highest BCUT2D eigenvalue weighted by Gasteiger charge is 2.36. The molecular weight excluding hydrogens is 455 g/mol. The molecule has 1 atom stereocenters. The van der Waals surface area contributed by atoms with Crippen molar-refractivity contribution in [2.24, 2.45) is 0 Å². The summed E-state index contributed by atoms with van der Waals surface area (Å²) in [5, 5.41) is 2.77. The van der Waals surface area contributed by atoms with Crippen LogP contribution >= 0.6 is 15.9 Å². The molecule has 7 nitrogen and oxygen atoms in total. The molecular formula is C21H18BrFN4O3. The average Bonchev–Trinajstić information content (AvgIpc) is 3.22. The second-order valence-corrected chi connectivity index (χ2v) is 7.66. The normalized spacial score (nSPS) is 15.4. The van der Waals surface area contributed by atoms with Crippen molar-refractivity contribution in [3.8, 4) is 0 Å². The molecule has 0 aliphatic carbocycles. The van der Waals surface area contributed by atoms with Crippen LogP contribution in [0.1, 0.15) is 33.4 Å². The van der Waals surface area contributed by atoms with Crippen LogP contribution in [0.3, 0.4) is 0 Å². The van der Waals surface area contributed by atoms with Gasteiger partial charge in [-0.25, -0.2) is 19.0 Å². The molecule has 154 valence electrons. The number of fused-ring (bicyclic) bond motifs is 1. The summed E-state index contributed by atoms with van der Waals surface area (Å²) in [4.78, 5) is 34.2. The van der Waals surface area contributed by atoms with Gasteiger partial charge >= 0.3 is 12.0 Å². The number of hydrogen-bond acceptors (Lipinski definition) is 4. The standard InChI is InChI=1S/C21H18BrFN4O3/c1-30-20(28)14-4-2-3-5-16(14)26-21(29)27-9-8-17-18(25-11-24-17)19(27)13-7-6-12(22)10-15(13)23/h2-7,10-11,19H,8-9H2,1H3,(H,24,25)(H,26,29). The average molecular weight is 473 g/mol. The van der Waals surface area contributed by atoms with Gasteiger partial charge in [0.15, 0.2) is 0 Å². The van der Waals surface area contributed by atoms with Gasteiger partial charge in [0.2, 0.25) is 0 Å². The van der Waals surface area contributed by atoms with Crippen LogP contribution in [-0.2, 0) is 11.2 Å². The number of ether oxygens (including phenoxy) is 1. The number of nitrogens with zero attached hydrogens (tertiary/aromatic N) is 2. The van der Waals surface area contributed by atoms with Crippen molar-refractivity contribution in [3.05, 3.63) is 81.6 Å². The van der Waals surface area contributed by atoms with E-state index in [0.717, 1.165) is 5.69 Å². The fraction of sp³-hybridized carbons (Fsp3) is 0.190. The number of anilines is 1. The lowest BCUT2D eigenvalue weighted by Gasteiger charge is -2.35. The number of carbonyl (C=O) groups excluding carboxylic acids is 2.